The Morgan fingerprint density at radius 1 is 1.24 bits per heavy atom. The van der Waals surface area contributed by atoms with Crippen LogP contribution in [0.5, 0.6) is 5.75 Å². The predicted octanol–water partition coefficient (Wildman–Crippen LogP) is 3.40. The van der Waals surface area contributed by atoms with Crippen molar-refractivity contribution in [3.63, 3.8) is 0 Å². The van der Waals surface area contributed by atoms with E-state index in [-0.39, 0.29) is 17.1 Å². The van der Waals surface area contributed by atoms with Crippen molar-refractivity contribution >= 4 is 0 Å². The molecule has 1 fully saturated rings. The predicted molar refractivity (Wildman–Crippen MR) is 84.7 cm³/mol. The number of piperidine rings is 1. The van der Waals surface area contributed by atoms with Crippen LogP contribution in [0, 0.1) is 0 Å². The lowest BCUT2D eigenvalue weighted by Crippen LogP contribution is -2.55. The van der Waals surface area contributed by atoms with Crippen LogP contribution < -0.4 is 0 Å². The lowest BCUT2D eigenvalue weighted by atomic mass is 9.63. The van der Waals surface area contributed by atoms with Crippen molar-refractivity contribution < 1.29 is 9.84 Å². The van der Waals surface area contributed by atoms with E-state index in [2.05, 4.69) is 38.8 Å². The number of phenolic OH excluding ortho intramolecular Hbond substituents is 1. The largest absolute Gasteiger partial charge is 0.508 e. The third-order valence-electron chi connectivity index (χ3n) is 5.49. The second-order valence-corrected chi connectivity index (χ2v) is 7.21. The molecule has 0 aromatic heterocycles. The Morgan fingerprint density at radius 3 is 2.52 bits per heavy atom. The van der Waals surface area contributed by atoms with E-state index in [9.17, 15) is 5.11 Å². The molecule has 2 aliphatic heterocycles. The van der Waals surface area contributed by atoms with Gasteiger partial charge >= 0.3 is 0 Å². The van der Waals surface area contributed by atoms with Gasteiger partial charge in [-0.15, -0.1) is 0 Å². The molecule has 0 saturated carbocycles. The van der Waals surface area contributed by atoms with Gasteiger partial charge in [0.25, 0.3) is 0 Å². The molecule has 0 radical (unpaired) electrons. The quantitative estimate of drug-likeness (QED) is 0.860. The molecule has 1 N–H and O–H groups in total. The molecule has 3 heteroatoms. The number of benzene rings is 1. The Balaban J connectivity index is 2.15. The number of fused-ring (bicyclic) bond motifs is 2. The van der Waals surface area contributed by atoms with Gasteiger partial charge in [0.15, 0.2) is 0 Å². The Labute approximate surface area is 127 Å². The Bertz CT molecular complexity index is 530. The van der Waals surface area contributed by atoms with E-state index in [4.69, 9.17) is 4.74 Å². The summed E-state index contributed by atoms with van der Waals surface area (Å²) < 4.78 is 6.52. The van der Waals surface area contributed by atoms with Gasteiger partial charge < -0.3 is 14.7 Å². The van der Waals surface area contributed by atoms with E-state index < -0.39 is 0 Å². The van der Waals surface area contributed by atoms with E-state index in [0.717, 1.165) is 32.4 Å². The maximum absolute atomic E-state index is 10.0. The van der Waals surface area contributed by atoms with Crippen molar-refractivity contribution in [3.05, 3.63) is 29.3 Å². The van der Waals surface area contributed by atoms with Crippen LogP contribution in [-0.4, -0.2) is 36.2 Å². The molecule has 1 aromatic rings. The smallest absolute Gasteiger partial charge is 0.115 e. The summed E-state index contributed by atoms with van der Waals surface area (Å²) in [7, 11) is 2.19. The summed E-state index contributed by atoms with van der Waals surface area (Å²) in [6.07, 6.45) is 3.46. The Hall–Kier alpha value is -1.06. The summed E-state index contributed by atoms with van der Waals surface area (Å²) in [6.45, 7) is 8.69. The van der Waals surface area contributed by atoms with Crippen molar-refractivity contribution in [2.24, 2.45) is 0 Å². The molecule has 1 saturated heterocycles. The van der Waals surface area contributed by atoms with Crippen LogP contribution in [0.3, 0.4) is 0 Å². The van der Waals surface area contributed by atoms with E-state index in [1.807, 2.05) is 6.07 Å². The summed E-state index contributed by atoms with van der Waals surface area (Å²) in [5, 5.41) is 10.0. The highest BCUT2D eigenvalue weighted by Crippen LogP contribution is 2.51. The third kappa shape index (κ3) is 2.27. The Kier molecular flexibility index (Phi) is 3.53. The summed E-state index contributed by atoms with van der Waals surface area (Å²) >= 11 is 0. The van der Waals surface area contributed by atoms with E-state index in [1.54, 1.807) is 6.07 Å². The van der Waals surface area contributed by atoms with Crippen LogP contribution in [0.25, 0.3) is 0 Å². The minimum atomic E-state index is -0.279. The van der Waals surface area contributed by atoms with Gasteiger partial charge in [0.05, 0.1) is 11.7 Å². The first-order valence-electron chi connectivity index (χ1n) is 8.09. The maximum Gasteiger partial charge on any atom is 0.115 e. The van der Waals surface area contributed by atoms with Gasteiger partial charge in [-0.1, -0.05) is 13.0 Å². The average Bonchev–Trinajstić information content (AvgIpc) is 2.45. The van der Waals surface area contributed by atoms with E-state index >= 15 is 0 Å². The molecule has 0 bridgehead atoms. The zero-order valence-electron chi connectivity index (χ0n) is 13.6. The van der Waals surface area contributed by atoms with E-state index in [0.29, 0.717) is 5.75 Å². The second-order valence-electron chi connectivity index (χ2n) is 7.21. The van der Waals surface area contributed by atoms with Gasteiger partial charge in [-0.25, -0.2) is 0 Å². The summed E-state index contributed by atoms with van der Waals surface area (Å²) in [5.74, 6) is 0.375. The number of phenols is 1. The molecular weight excluding hydrogens is 262 g/mol. The minimum Gasteiger partial charge on any atom is -0.508 e. The molecule has 2 aliphatic rings. The molecular formula is C18H27NO2. The molecule has 0 aliphatic carbocycles. The molecule has 116 valence electrons. The van der Waals surface area contributed by atoms with Gasteiger partial charge in [0, 0.05) is 5.41 Å². The van der Waals surface area contributed by atoms with Crippen molar-refractivity contribution in [1.82, 2.24) is 4.90 Å². The van der Waals surface area contributed by atoms with Gasteiger partial charge in [-0.05, 0) is 76.5 Å². The number of rotatable bonds is 1. The highest BCUT2D eigenvalue weighted by Gasteiger charge is 2.50. The molecule has 1 atom stereocenters. The van der Waals surface area contributed by atoms with Crippen LogP contribution in [0.2, 0.25) is 0 Å². The zero-order valence-corrected chi connectivity index (χ0v) is 13.6. The van der Waals surface area contributed by atoms with Crippen LogP contribution >= 0.6 is 0 Å². The molecule has 2 heterocycles. The fourth-order valence-corrected chi connectivity index (χ4v) is 4.26. The normalized spacial score (nSPS) is 27.5. The molecule has 3 nitrogen and oxygen atoms in total. The number of likely N-dealkylation sites (tertiary alicyclic amines) is 1. The lowest BCUT2D eigenvalue weighted by Gasteiger charge is -2.53. The second kappa shape index (κ2) is 4.99. The first-order valence-corrected chi connectivity index (χ1v) is 8.09. The van der Waals surface area contributed by atoms with Crippen molar-refractivity contribution in [1.29, 1.82) is 0 Å². The van der Waals surface area contributed by atoms with Gasteiger partial charge in [0.1, 0.15) is 5.75 Å². The summed E-state index contributed by atoms with van der Waals surface area (Å²) in [5.41, 5.74) is 2.34. The SMILES string of the molecule is CC[C@H]1OC(C)(C)c2ccc(O)cc2C12CCN(C)CC2. The highest BCUT2D eigenvalue weighted by atomic mass is 16.5. The van der Waals surface area contributed by atoms with Crippen molar-refractivity contribution in [2.75, 3.05) is 20.1 Å². The molecule has 21 heavy (non-hydrogen) atoms. The highest BCUT2D eigenvalue weighted by molar-refractivity contribution is 5.46. The van der Waals surface area contributed by atoms with Crippen LogP contribution in [-0.2, 0) is 15.8 Å². The van der Waals surface area contributed by atoms with Gasteiger partial charge in [-0.3, -0.25) is 0 Å². The molecule has 0 amide bonds. The average molecular weight is 289 g/mol. The molecule has 1 spiro atoms. The maximum atomic E-state index is 10.0. The number of hydrogen-bond acceptors (Lipinski definition) is 3. The van der Waals surface area contributed by atoms with Crippen LogP contribution in [0.1, 0.15) is 51.2 Å². The minimum absolute atomic E-state index is 0.0604. The monoisotopic (exact) mass is 289 g/mol. The number of aromatic hydroxyl groups is 1. The van der Waals surface area contributed by atoms with Gasteiger partial charge in [0.2, 0.25) is 0 Å². The van der Waals surface area contributed by atoms with Crippen LogP contribution in [0.4, 0.5) is 0 Å². The lowest BCUT2D eigenvalue weighted by molar-refractivity contribution is -0.137. The Morgan fingerprint density at radius 2 is 1.90 bits per heavy atom. The number of nitrogens with zero attached hydrogens (tertiary/aromatic N) is 1. The first kappa shape index (κ1) is 14.9. The summed E-state index contributed by atoms with van der Waals surface area (Å²) in [6, 6.07) is 5.84. The van der Waals surface area contributed by atoms with Gasteiger partial charge in [-0.2, -0.15) is 0 Å². The van der Waals surface area contributed by atoms with E-state index in [1.165, 1.54) is 11.1 Å². The fraction of sp³-hybridized carbons (Fsp3) is 0.667. The zero-order chi connectivity index (χ0) is 15.3. The van der Waals surface area contributed by atoms with Crippen molar-refractivity contribution in [3.8, 4) is 5.75 Å². The number of hydrogen-bond donors (Lipinski definition) is 1. The molecule has 0 unspecified atom stereocenters. The number of ether oxygens (including phenoxy) is 1. The van der Waals surface area contributed by atoms with Crippen LogP contribution in [0.15, 0.2) is 18.2 Å². The third-order valence-corrected chi connectivity index (χ3v) is 5.49. The topological polar surface area (TPSA) is 32.7 Å². The standard InChI is InChI=1S/C18H27NO2/c1-5-16-18(8-10-19(4)11-9-18)15-12-13(20)6-7-14(15)17(2,3)21-16/h6-7,12,16,20H,5,8-11H2,1-4H3/t16-/m1/s1. The molecule has 1 aromatic carbocycles. The summed E-state index contributed by atoms with van der Waals surface area (Å²) in [4.78, 5) is 2.39. The molecule has 3 rings (SSSR count). The first-order chi connectivity index (χ1) is 9.89. The fourth-order valence-electron chi connectivity index (χ4n) is 4.26. The van der Waals surface area contributed by atoms with Crippen molar-refractivity contribution in [2.45, 2.75) is 57.2 Å².